The van der Waals surface area contributed by atoms with Gasteiger partial charge in [0, 0.05) is 19.3 Å². The van der Waals surface area contributed by atoms with E-state index in [-0.39, 0.29) is 16.1 Å². The molecule has 0 heterocycles. The number of alkyl halides is 3. The van der Waals surface area contributed by atoms with Crippen molar-refractivity contribution >= 4 is 33.3 Å². The van der Waals surface area contributed by atoms with Crippen molar-refractivity contribution in [1.29, 1.82) is 0 Å². The SMILES string of the molecule is CCCCN(C)c1ccc(NS(=O)(=O)c2cccc(F)c2)cc1C(=O)O.O=C(O)C(F)(F)F. The monoisotopic (exact) mass is 494 g/mol. The lowest BCUT2D eigenvalue weighted by Gasteiger charge is -2.21. The van der Waals surface area contributed by atoms with Crippen molar-refractivity contribution in [3.8, 4) is 0 Å². The van der Waals surface area contributed by atoms with Gasteiger partial charge in [0.1, 0.15) is 5.82 Å². The number of aliphatic carboxylic acids is 1. The lowest BCUT2D eigenvalue weighted by atomic mass is 10.1. The summed E-state index contributed by atoms with van der Waals surface area (Å²) in [5.74, 6) is -4.59. The van der Waals surface area contributed by atoms with Gasteiger partial charge in [-0.1, -0.05) is 19.4 Å². The normalized spacial score (nSPS) is 11.2. The van der Waals surface area contributed by atoms with E-state index in [9.17, 15) is 35.9 Å². The quantitative estimate of drug-likeness (QED) is 0.470. The third-order valence-electron chi connectivity index (χ3n) is 4.09. The molecular weight excluding hydrogens is 472 g/mol. The topological polar surface area (TPSA) is 124 Å². The number of hydrogen-bond donors (Lipinski definition) is 3. The lowest BCUT2D eigenvalue weighted by Crippen LogP contribution is -2.21. The molecule has 33 heavy (non-hydrogen) atoms. The molecule has 0 aliphatic heterocycles. The zero-order valence-electron chi connectivity index (χ0n) is 17.6. The summed E-state index contributed by atoms with van der Waals surface area (Å²) in [5, 5.41) is 16.6. The van der Waals surface area contributed by atoms with Gasteiger partial charge in [-0.25, -0.2) is 22.4 Å². The van der Waals surface area contributed by atoms with Gasteiger partial charge in [0.25, 0.3) is 10.0 Å². The van der Waals surface area contributed by atoms with Crippen LogP contribution in [-0.4, -0.2) is 50.3 Å². The van der Waals surface area contributed by atoms with Gasteiger partial charge in [0.15, 0.2) is 0 Å². The number of sulfonamides is 1. The number of carboxylic acid groups (broad SMARTS) is 2. The molecule has 0 saturated heterocycles. The van der Waals surface area contributed by atoms with Crippen LogP contribution >= 0.6 is 0 Å². The molecule has 0 saturated carbocycles. The molecule has 8 nitrogen and oxygen atoms in total. The molecule has 2 aromatic carbocycles. The van der Waals surface area contributed by atoms with Crippen molar-refractivity contribution in [3.63, 3.8) is 0 Å². The van der Waals surface area contributed by atoms with Gasteiger partial charge in [0.05, 0.1) is 16.1 Å². The molecule has 0 fully saturated rings. The maximum absolute atomic E-state index is 13.3. The number of rotatable bonds is 8. The number of halogens is 4. The lowest BCUT2D eigenvalue weighted by molar-refractivity contribution is -0.192. The van der Waals surface area contributed by atoms with Crippen molar-refractivity contribution in [1.82, 2.24) is 0 Å². The highest BCUT2D eigenvalue weighted by molar-refractivity contribution is 7.92. The first-order valence-electron chi connectivity index (χ1n) is 9.36. The number of carbonyl (C=O) groups is 2. The predicted molar refractivity (Wildman–Crippen MR) is 112 cm³/mol. The highest BCUT2D eigenvalue weighted by Crippen LogP contribution is 2.26. The molecule has 182 valence electrons. The Balaban J connectivity index is 0.000000675. The maximum atomic E-state index is 13.3. The second-order valence-electron chi connectivity index (χ2n) is 6.68. The predicted octanol–water partition coefficient (Wildman–Crippen LogP) is 4.19. The van der Waals surface area contributed by atoms with Gasteiger partial charge in [-0.2, -0.15) is 13.2 Å². The van der Waals surface area contributed by atoms with Crippen LogP contribution in [0.3, 0.4) is 0 Å². The third-order valence-corrected chi connectivity index (χ3v) is 5.47. The summed E-state index contributed by atoms with van der Waals surface area (Å²) < 4.78 is 72.0. The van der Waals surface area contributed by atoms with Crippen molar-refractivity contribution in [3.05, 3.63) is 53.8 Å². The molecular formula is C20H22F4N2O6S. The number of aromatic carboxylic acids is 1. The Hall–Kier alpha value is -3.35. The van der Waals surface area contributed by atoms with E-state index in [1.807, 2.05) is 11.8 Å². The summed E-state index contributed by atoms with van der Waals surface area (Å²) in [6, 6.07) is 8.89. The number of unbranched alkanes of at least 4 members (excludes halogenated alkanes) is 1. The standard InChI is InChI=1S/C18H21FN2O4S.C2HF3O2/c1-3-4-10-21(2)17-9-8-14(12-16(17)18(22)23)20-26(24,25)15-7-5-6-13(19)11-15;3-2(4,5)1(6)7/h5-9,11-12,20H,3-4,10H2,1-2H3,(H,22,23);(H,6,7). The highest BCUT2D eigenvalue weighted by atomic mass is 32.2. The van der Waals surface area contributed by atoms with Crippen molar-refractivity contribution in [2.24, 2.45) is 0 Å². The largest absolute Gasteiger partial charge is 0.490 e. The fourth-order valence-corrected chi connectivity index (χ4v) is 3.55. The summed E-state index contributed by atoms with van der Waals surface area (Å²) in [5.41, 5.74) is 0.585. The Morgan fingerprint density at radius 3 is 2.18 bits per heavy atom. The van der Waals surface area contributed by atoms with Crippen molar-refractivity contribution in [2.45, 2.75) is 30.8 Å². The second-order valence-corrected chi connectivity index (χ2v) is 8.36. The summed E-state index contributed by atoms with van der Waals surface area (Å²) in [4.78, 5) is 22.1. The molecule has 0 spiro atoms. The molecule has 0 aliphatic rings. The van der Waals surface area contributed by atoms with Crippen LogP contribution in [-0.2, 0) is 14.8 Å². The minimum Gasteiger partial charge on any atom is -0.478 e. The Morgan fingerprint density at radius 2 is 1.70 bits per heavy atom. The molecule has 0 unspecified atom stereocenters. The number of anilines is 2. The van der Waals surface area contributed by atoms with Crippen LogP contribution in [0, 0.1) is 5.82 Å². The number of hydrogen-bond acceptors (Lipinski definition) is 5. The fourth-order valence-electron chi connectivity index (χ4n) is 2.47. The third kappa shape index (κ3) is 8.60. The Bertz CT molecular complexity index is 1090. The van der Waals surface area contributed by atoms with E-state index in [0.29, 0.717) is 12.2 Å². The number of benzene rings is 2. The molecule has 0 bridgehead atoms. The van der Waals surface area contributed by atoms with Gasteiger partial charge < -0.3 is 15.1 Å². The molecule has 0 atom stereocenters. The Morgan fingerprint density at radius 1 is 1.09 bits per heavy atom. The maximum Gasteiger partial charge on any atom is 0.490 e. The first-order valence-corrected chi connectivity index (χ1v) is 10.8. The average Bonchev–Trinajstić information content (AvgIpc) is 2.71. The molecule has 2 aromatic rings. The molecule has 3 N–H and O–H groups in total. The average molecular weight is 494 g/mol. The van der Waals surface area contributed by atoms with E-state index >= 15 is 0 Å². The van der Waals surface area contributed by atoms with Gasteiger partial charge in [-0.3, -0.25) is 4.72 Å². The molecule has 0 aliphatic carbocycles. The number of carboxylic acids is 2. The zero-order valence-corrected chi connectivity index (χ0v) is 18.4. The molecule has 0 aromatic heterocycles. The summed E-state index contributed by atoms with van der Waals surface area (Å²) in [7, 11) is -2.24. The molecule has 2 rings (SSSR count). The van der Waals surface area contributed by atoms with Crippen LogP contribution < -0.4 is 9.62 Å². The molecule has 0 amide bonds. The first kappa shape index (κ1) is 27.7. The van der Waals surface area contributed by atoms with Crippen LogP contribution in [0.1, 0.15) is 30.1 Å². The van der Waals surface area contributed by atoms with Crippen LogP contribution in [0.15, 0.2) is 47.4 Å². The van der Waals surface area contributed by atoms with Crippen molar-refractivity contribution in [2.75, 3.05) is 23.2 Å². The summed E-state index contributed by atoms with van der Waals surface area (Å²) in [6.45, 7) is 2.72. The van der Waals surface area contributed by atoms with Crippen LogP contribution in [0.5, 0.6) is 0 Å². The Kier molecular flexibility index (Phi) is 9.64. The van der Waals surface area contributed by atoms with Gasteiger partial charge >= 0.3 is 18.1 Å². The van der Waals surface area contributed by atoms with Gasteiger partial charge in [-0.05, 0) is 42.8 Å². The molecule has 0 radical (unpaired) electrons. The Labute approximate surface area is 187 Å². The van der Waals surface area contributed by atoms with E-state index in [2.05, 4.69) is 4.72 Å². The highest BCUT2D eigenvalue weighted by Gasteiger charge is 2.38. The van der Waals surface area contributed by atoms with Crippen LogP contribution in [0.4, 0.5) is 28.9 Å². The molecule has 13 heteroatoms. The summed E-state index contributed by atoms with van der Waals surface area (Å²) in [6.07, 6.45) is -3.21. The van der Waals surface area contributed by atoms with E-state index in [1.54, 1.807) is 13.1 Å². The van der Waals surface area contributed by atoms with Gasteiger partial charge in [-0.15, -0.1) is 0 Å². The van der Waals surface area contributed by atoms with E-state index in [1.165, 1.54) is 24.3 Å². The fraction of sp³-hybridized carbons (Fsp3) is 0.300. The minimum atomic E-state index is -5.08. The second kappa shape index (κ2) is 11.5. The summed E-state index contributed by atoms with van der Waals surface area (Å²) >= 11 is 0. The van der Waals surface area contributed by atoms with Gasteiger partial charge in [0.2, 0.25) is 0 Å². The number of nitrogens with zero attached hydrogens (tertiary/aromatic N) is 1. The number of nitrogens with one attached hydrogen (secondary N) is 1. The van der Waals surface area contributed by atoms with Crippen LogP contribution in [0.2, 0.25) is 0 Å². The smallest absolute Gasteiger partial charge is 0.478 e. The van der Waals surface area contributed by atoms with Crippen molar-refractivity contribution < 1.29 is 45.8 Å². The van der Waals surface area contributed by atoms with E-state index < -0.39 is 34.0 Å². The zero-order chi connectivity index (χ0) is 25.4. The van der Waals surface area contributed by atoms with E-state index in [0.717, 1.165) is 25.0 Å². The first-order chi connectivity index (χ1) is 15.2. The van der Waals surface area contributed by atoms with E-state index in [4.69, 9.17) is 9.90 Å². The van der Waals surface area contributed by atoms with Crippen LogP contribution in [0.25, 0.3) is 0 Å². The minimum absolute atomic E-state index is 0.0111.